The Balaban J connectivity index is 2.16. The molecule has 2 N–H and O–H groups in total. The van der Waals surface area contributed by atoms with Gasteiger partial charge in [0.2, 0.25) is 5.95 Å². The number of halogens is 2. The number of anilines is 1. The minimum absolute atomic E-state index is 0.106. The highest BCUT2D eigenvalue weighted by atomic mass is 35.5. The summed E-state index contributed by atoms with van der Waals surface area (Å²) in [6, 6.07) is 3.22. The lowest BCUT2D eigenvalue weighted by Crippen LogP contribution is -2.17. The number of nitrogens with zero attached hydrogens (tertiary/aromatic N) is 3. The molecule has 0 aliphatic carbocycles. The van der Waals surface area contributed by atoms with Crippen molar-refractivity contribution in [3.05, 3.63) is 23.0 Å². The Bertz CT molecular complexity index is 610. The van der Waals surface area contributed by atoms with E-state index >= 15 is 0 Å². The Kier molecular flexibility index (Phi) is 2.68. The quantitative estimate of drug-likeness (QED) is 0.863. The number of hydrogen-bond acceptors (Lipinski definition) is 3. The summed E-state index contributed by atoms with van der Waals surface area (Å²) in [5.74, 6) is -0.0377. The Morgan fingerprint density at radius 2 is 2.28 bits per heavy atom. The SMILES string of the molecule is CN1CCC(n2c(N)nc3cc(F)c(Cl)cc32)C1. The minimum atomic E-state index is -0.461. The normalized spacial score (nSPS) is 20.9. The number of aromatic nitrogens is 2. The van der Waals surface area contributed by atoms with E-state index in [1.807, 2.05) is 4.57 Å². The number of imidazole rings is 1. The van der Waals surface area contributed by atoms with Crippen LogP contribution in [0.3, 0.4) is 0 Å². The van der Waals surface area contributed by atoms with E-state index in [9.17, 15) is 4.39 Å². The molecule has 3 rings (SSSR count). The maximum atomic E-state index is 13.4. The van der Waals surface area contributed by atoms with Gasteiger partial charge < -0.3 is 15.2 Å². The molecule has 6 heteroatoms. The second-order valence-corrected chi connectivity index (χ2v) is 5.21. The first kappa shape index (κ1) is 11.7. The number of likely N-dealkylation sites (tertiary alicyclic amines) is 1. The summed E-state index contributed by atoms with van der Waals surface area (Å²) in [6.45, 7) is 1.95. The van der Waals surface area contributed by atoms with Gasteiger partial charge in [0.25, 0.3) is 0 Å². The average molecular weight is 269 g/mol. The first-order valence-corrected chi connectivity index (χ1v) is 6.25. The third-order valence-corrected chi connectivity index (χ3v) is 3.78. The molecule has 0 bridgehead atoms. The molecule has 2 aromatic rings. The second-order valence-electron chi connectivity index (χ2n) is 4.80. The van der Waals surface area contributed by atoms with Crippen molar-refractivity contribution in [2.75, 3.05) is 25.9 Å². The van der Waals surface area contributed by atoms with Gasteiger partial charge in [-0.05, 0) is 26.1 Å². The molecular formula is C12H14ClFN4. The number of fused-ring (bicyclic) bond motifs is 1. The molecule has 1 fully saturated rings. The zero-order valence-corrected chi connectivity index (χ0v) is 10.8. The Morgan fingerprint density at radius 3 is 2.94 bits per heavy atom. The summed E-state index contributed by atoms with van der Waals surface area (Å²) >= 11 is 5.84. The Hall–Kier alpha value is -1.33. The van der Waals surface area contributed by atoms with Gasteiger partial charge in [0.15, 0.2) is 0 Å². The van der Waals surface area contributed by atoms with E-state index in [0.29, 0.717) is 11.5 Å². The highest BCUT2D eigenvalue weighted by Crippen LogP contribution is 2.31. The molecule has 1 unspecified atom stereocenters. The minimum Gasteiger partial charge on any atom is -0.369 e. The van der Waals surface area contributed by atoms with Crippen LogP contribution in [0, 0.1) is 5.82 Å². The number of nitrogen functional groups attached to an aromatic ring is 1. The molecule has 96 valence electrons. The van der Waals surface area contributed by atoms with Gasteiger partial charge in [0.05, 0.1) is 22.1 Å². The van der Waals surface area contributed by atoms with Gasteiger partial charge in [0.1, 0.15) is 5.82 Å². The van der Waals surface area contributed by atoms with Crippen LogP contribution in [0.1, 0.15) is 12.5 Å². The van der Waals surface area contributed by atoms with E-state index in [0.717, 1.165) is 25.0 Å². The van der Waals surface area contributed by atoms with Crippen molar-refractivity contribution in [1.82, 2.24) is 14.5 Å². The molecule has 1 aliphatic rings. The molecule has 1 saturated heterocycles. The summed E-state index contributed by atoms with van der Waals surface area (Å²) in [5.41, 5.74) is 7.31. The molecule has 0 radical (unpaired) electrons. The van der Waals surface area contributed by atoms with E-state index in [1.54, 1.807) is 6.07 Å². The molecule has 4 nitrogen and oxygen atoms in total. The predicted molar refractivity (Wildman–Crippen MR) is 70.3 cm³/mol. The van der Waals surface area contributed by atoms with E-state index in [4.69, 9.17) is 17.3 Å². The van der Waals surface area contributed by atoms with Crippen LogP contribution in [0.4, 0.5) is 10.3 Å². The van der Waals surface area contributed by atoms with Crippen molar-refractivity contribution in [3.63, 3.8) is 0 Å². The molecule has 1 aromatic heterocycles. The monoisotopic (exact) mass is 268 g/mol. The summed E-state index contributed by atoms with van der Waals surface area (Å²) in [4.78, 5) is 6.45. The summed E-state index contributed by atoms with van der Waals surface area (Å²) in [6.07, 6.45) is 1.02. The van der Waals surface area contributed by atoms with Crippen LogP contribution in [-0.4, -0.2) is 34.6 Å². The molecule has 0 spiro atoms. The van der Waals surface area contributed by atoms with Crippen LogP contribution in [0.2, 0.25) is 5.02 Å². The number of nitrogens with two attached hydrogens (primary N) is 1. The predicted octanol–water partition coefficient (Wildman–Crippen LogP) is 2.29. The zero-order chi connectivity index (χ0) is 12.9. The van der Waals surface area contributed by atoms with E-state index < -0.39 is 5.82 Å². The summed E-state index contributed by atoms with van der Waals surface area (Å²) in [7, 11) is 2.07. The van der Waals surface area contributed by atoms with Gasteiger partial charge in [-0.25, -0.2) is 9.37 Å². The lowest BCUT2D eigenvalue weighted by Gasteiger charge is -2.15. The van der Waals surface area contributed by atoms with Gasteiger partial charge in [-0.1, -0.05) is 11.6 Å². The number of hydrogen-bond donors (Lipinski definition) is 1. The van der Waals surface area contributed by atoms with Crippen LogP contribution in [0.5, 0.6) is 0 Å². The average Bonchev–Trinajstić information content (AvgIpc) is 2.83. The van der Waals surface area contributed by atoms with Gasteiger partial charge >= 0.3 is 0 Å². The number of likely N-dealkylation sites (N-methyl/N-ethyl adjacent to an activating group) is 1. The van der Waals surface area contributed by atoms with Crippen molar-refractivity contribution in [2.45, 2.75) is 12.5 Å². The van der Waals surface area contributed by atoms with Crippen LogP contribution in [-0.2, 0) is 0 Å². The topological polar surface area (TPSA) is 47.1 Å². The first-order valence-electron chi connectivity index (χ1n) is 5.87. The Labute approximate surface area is 109 Å². The zero-order valence-electron chi connectivity index (χ0n) is 10.0. The van der Waals surface area contributed by atoms with Crippen molar-refractivity contribution in [2.24, 2.45) is 0 Å². The summed E-state index contributed by atoms with van der Waals surface area (Å²) < 4.78 is 15.4. The lowest BCUT2D eigenvalue weighted by atomic mass is 10.2. The number of benzene rings is 1. The maximum absolute atomic E-state index is 13.4. The van der Waals surface area contributed by atoms with Gasteiger partial charge in [-0.3, -0.25) is 0 Å². The van der Waals surface area contributed by atoms with Crippen molar-refractivity contribution in [3.8, 4) is 0 Å². The first-order chi connectivity index (χ1) is 8.56. The Morgan fingerprint density at radius 1 is 1.50 bits per heavy atom. The van der Waals surface area contributed by atoms with Crippen molar-refractivity contribution < 1.29 is 4.39 Å². The van der Waals surface area contributed by atoms with Crippen LogP contribution < -0.4 is 5.73 Å². The van der Waals surface area contributed by atoms with Gasteiger partial charge in [-0.2, -0.15) is 0 Å². The third-order valence-electron chi connectivity index (χ3n) is 3.49. The lowest BCUT2D eigenvalue weighted by molar-refractivity contribution is 0.396. The van der Waals surface area contributed by atoms with Gasteiger partial charge in [0, 0.05) is 12.6 Å². The smallest absolute Gasteiger partial charge is 0.201 e. The molecule has 0 saturated carbocycles. The fourth-order valence-electron chi connectivity index (χ4n) is 2.62. The fourth-order valence-corrected chi connectivity index (χ4v) is 2.77. The van der Waals surface area contributed by atoms with E-state index in [-0.39, 0.29) is 11.1 Å². The molecular weight excluding hydrogens is 255 g/mol. The molecule has 0 amide bonds. The molecule has 1 atom stereocenters. The highest BCUT2D eigenvalue weighted by Gasteiger charge is 2.25. The highest BCUT2D eigenvalue weighted by molar-refractivity contribution is 6.31. The molecule has 2 heterocycles. The van der Waals surface area contributed by atoms with Gasteiger partial charge in [-0.15, -0.1) is 0 Å². The largest absolute Gasteiger partial charge is 0.369 e. The molecule has 18 heavy (non-hydrogen) atoms. The number of rotatable bonds is 1. The van der Waals surface area contributed by atoms with Crippen LogP contribution >= 0.6 is 11.6 Å². The second kappa shape index (κ2) is 4.10. The van der Waals surface area contributed by atoms with Crippen molar-refractivity contribution >= 4 is 28.6 Å². The maximum Gasteiger partial charge on any atom is 0.201 e. The molecule has 1 aromatic carbocycles. The third kappa shape index (κ3) is 1.74. The fraction of sp³-hybridized carbons (Fsp3) is 0.417. The van der Waals surface area contributed by atoms with E-state index in [2.05, 4.69) is 16.9 Å². The standard InChI is InChI=1S/C12H14ClFN4/c1-17-3-2-7(6-17)18-11-4-8(13)9(14)5-10(11)16-12(18)15/h4-5,7H,2-3,6H2,1H3,(H2,15,16). The van der Waals surface area contributed by atoms with Crippen molar-refractivity contribution in [1.29, 1.82) is 0 Å². The summed E-state index contributed by atoms with van der Waals surface area (Å²) in [5, 5.41) is 0.106. The molecule has 1 aliphatic heterocycles. The van der Waals surface area contributed by atoms with E-state index in [1.165, 1.54) is 6.07 Å². The van der Waals surface area contributed by atoms with Crippen LogP contribution in [0.15, 0.2) is 12.1 Å². The van der Waals surface area contributed by atoms with Crippen LogP contribution in [0.25, 0.3) is 11.0 Å².